The molecular weight excluding hydrogens is 202 g/mol. The Hall–Kier alpha value is -0.610. The van der Waals surface area contributed by atoms with Crippen molar-refractivity contribution in [2.24, 2.45) is 0 Å². The third-order valence-electron chi connectivity index (χ3n) is 3.47. The quantitative estimate of drug-likeness (QED) is 0.752. The molecule has 2 aliphatic rings. The van der Waals surface area contributed by atoms with Crippen LogP contribution in [0.5, 0.6) is 0 Å². The maximum absolute atomic E-state index is 11.9. The second-order valence-electron chi connectivity index (χ2n) is 4.79. The maximum atomic E-state index is 11.9. The van der Waals surface area contributed by atoms with Crippen molar-refractivity contribution in [3.8, 4) is 0 Å². The van der Waals surface area contributed by atoms with Gasteiger partial charge in [-0.1, -0.05) is 0 Å². The molecule has 1 N–H and O–H groups in total. The van der Waals surface area contributed by atoms with Gasteiger partial charge in [-0.3, -0.25) is 4.79 Å². The Morgan fingerprint density at radius 1 is 1.25 bits per heavy atom. The first-order chi connectivity index (χ1) is 7.86. The molecule has 2 fully saturated rings. The van der Waals surface area contributed by atoms with Gasteiger partial charge in [0.15, 0.2) is 0 Å². The maximum Gasteiger partial charge on any atom is 0.236 e. The Kier molecular flexibility index (Phi) is 4.60. The Bertz CT molecular complexity index is 220. The molecule has 0 aliphatic carbocycles. The summed E-state index contributed by atoms with van der Waals surface area (Å²) in [6, 6.07) is 0.433. The summed E-state index contributed by atoms with van der Waals surface area (Å²) in [7, 11) is 0. The zero-order chi connectivity index (χ0) is 11.2. The van der Waals surface area contributed by atoms with Crippen LogP contribution in [0.4, 0.5) is 0 Å². The fourth-order valence-corrected chi connectivity index (χ4v) is 2.44. The SMILES string of the molecule is O=C(CNC1CCC[N]C1)N1CCCCC1. The van der Waals surface area contributed by atoms with Crippen molar-refractivity contribution in [3.05, 3.63) is 0 Å². The van der Waals surface area contributed by atoms with Crippen LogP contribution in [0.3, 0.4) is 0 Å². The standard InChI is InChI=1S/C12H22N3O/c16-12(15-7-2-1-3-8-15)10-14-11-5-4-6-13-9-11/h11,14H,1-10H2. The number of amides is 1. The van der Waals surface area contributed by atoms with Crippen molar-refractivity contribution in [1.82, 2.24) is 15.5 Å². The van der Waals surface area contributed by atoms with Crippen LogP contribution in [-0.2, 0) is 4.79 Å². The van der Waals surface area contributed by atoms with Crippen LogP contribution in [-0.4, -0.2) is 49.6 Å². The van der Waals surface area contributed by atoms with Crippen molar-refractivity contribution >= 4 is 5.91 Å². The first-order valence-corrected chi connectivity index (χ1v) is 6.50. The van der Waals surface area contributed by atoms with Gasteiger partial charge in [-0.25, -0.2) is 5.32 Å². The van der Waals surface area contributed by atoms with Gasteiger partial charge in [0.25, 0.3) is 0 Å². The lowest BCUT2D eigenvalue weighted by molar-refractivity contribution is -0.131. The highest BCUT2D eigenvalue weighted by atomic mass is 16.2. The molecule has 91 valence electrons. The summed E-state index contributed by atoms with van der Waals surface area (Å²) in [5.74, 6) is 0.269. The molecular formula is C12H22N3O. The Labute approximate surface area is 97.8 Å². The second-order valence-corrected chi connectivity index (χ2v) is 4.79. The number of likely N-dealkylation sites (tertiary alicyclic amines) is 1. The van der Waals surface area contributed by atoms with E-state index >= 15 is 0 Å². The third kappa shape index (κ3) is 3.46. The third-order valence-corrected chi connectivity index (χ3v) is 3.47. The van der Waals surface area contributed by atoms with Gasteiger partial charge in [0.05, 0.1) is 6.54 Å². The highest BCUT2D eigenvalue weighted by Gasteiger charge is 2.18. The minimum Gasteiger partial charge on any atom is -0.342 e. The summed E-state index contributed by atoms with van der Waals surface area (Å²) in [5, 5.41) is 7.70. The van der Waals surface area contributed by atoms with Gasteiger partial charge in [0, 0.05) is 32.2 Å². The van der Waals surface area contributed by atoms with E-state index in [0.29, 0.717) is 12.6 Å². The molecule has 0 aromatic heterocycles. The lowest BCUT2D eigenvalue weighted by Crippen LogP contribution is -2.47. The number of nitrogens with one attached hydrogen (secondary N) is 1. The molecule has 1 unspecified atom stereocenters. The first kappa shape index (κ1) is 11.9. The van der Waals surface area contributed by atoms with Gasteiger partial charge in [-0.05, 0) is 32.1 Å². The molecule has 0 aromatic rings. The number of rotatable bonds is 3. The minimum absolute atomic E-state index is 0.269. The van der Waals surface area contributed by atoms with E-state index in [1.54, 1.807) is 0 Å². The number of nitrogens with zero attached hydrogens (tertiary/aromatic N) is 2. The van der Waals surface area contributed by atoms with Crippen molar-refractivity contribution in [2.45, 2.75) is 38.1 Å². The van der Waals surface area contributed by atoms with Crippen LogP contribution in [0.25, 0.3) is 0 Å². The van der Waals surface area contributed by atoms with Crippen molar-refractivity contribution < 1.29 is 4.79 Å². The van der Waals surface area contributed by atoms with Crippen LogP contribution < -0.4 is 10.6 Å². The molecule has 1 atom stereocenters. The zero-order valence-corrected chi connectivity index (χ0v) is 9.95. The van der Waals surface area contributed by atoms with Gasteiger partial charge in [0.1, 0.15) is 0 Å². The highest BCUT2D eigenvalue weighted by Crippen LogP contribution is 2.08. The lowest BCUT2D eigenvalue weighted by Gasteiger charge is -2.28. The van der Waals surface area contributed by atoms with Gasteiger partial charge in [0.2, 0.25) is 5.91 Å². The molecule has 0 saturated carbocycles. The second kappa shape index (κ2) is 6.21. The largest absolute Gasteiger partial charge is 0.342 e. The molecule has 2 aliphatic heterocycles. The van der Waals surface area contributed by atoms with Crippen LogP contribution in [0, 0.1) is 0 Å². The van der Waals surface area contributed by atoms with E-state index in [9.17, 15) is 4.79 Å². The molecule has 0 bridgehead atoms. The molecule has 0 spiro atoms. The van der Waals surface area contributed by atoms with Crippen molar-refractivity contribution in [3.63, 3.8) is 0 Å². The average Bonchev–Trinajstić information content (AvgIpc) is 2.38. The van der Waals surface area contributed by atoms with Crippen molar-refractivity contribution in [2.75, 3.05) is 32.7 Å². The van der Waals surface area contributed by atoms with Crippen LogP contribution in [0.2, 0.25) is 0 Å². The molecule has 2 heterocycles. The molecule has 4 heteroatoms. The van der Waals surface area contributed by atoms with E-state index in [2.05, 4.69) is 10.6 Å². The number of hydrogen-bond acceptors (Lipinski definition) is 2. The lowest BCUT2D eigenvalue weighted by atomic mass is 10.1. The van der Waals surface area contributed by atoms with E-state index in [1.807, 2.05) is 4.90 Å². The van der Waals surface area contributed by atoms with E-state index in [0.717, 1.165) is 39.0 Å². The van der Waals surface area contributed by atoms with E-state index in [4.69, 9.17) is 0 Å². The molecule has 0 aromatic carbocycles. The van der Waals surface area contributed by atoms with Gasteiger partial charge >= 0.3 is 0 Å². The summed E-state index contributed by atoms with van der Waals surface area (Å²) in [4.78, 5) is 13.9. The summed E-state index contributed by atoms with van der Waals surface area (Å²) in [6.45, 7) is 4.29. The van der Waals surface area contributed by atoms with Crippen molar-refractivity contribution in [1.29, 1.82) is 0 Å². The first-order valence-electron chi connectivity index (χ1n) is 6.50. The molecule has 4 nitrogen and oxygen atoms in total. The predicted molar refractivity (Wildman–Crippen MR) is 63.3 cm³/mol. The Balaban J connectivity index is 1.65. The number of piperidine rings is 2. The minimum atomic E-state index is 0.269. The Morgan fingerprint density at radius 2 is 2.06 bits per heavy atom. The van der Waals surface area contributed by atoms with Gasteiger partial charge in [-0.15, -0.1) is 0 Å². The summed E-state index contributed by atoms with van der Waals surface area (Å²) < 4.78 is 0. The zero-order valence-electron chi connectivity index (χ0n) is 9.95. The fraction of sp³-hybridized carbons (Fsp3) is 0.917. The predicted octanol–water partition coefficient (Wildman–Crippen LogP) is 0.355. The van der Waals surface area contributed by atoms with Crippen LogP contribution in [0.1, 0.15) is 32.1 Å². The normalized spacial score (nSPS) is 26.8. The summed E-state index contributed by atoms with van der Waals surface area (Å²) in [6.07, 6.45) is 5.94. The van der Waals surface area contributed by atoms with Crippen LogP contribution >= 0.6 is 0 Å². The smallest absolute Gasteiger partial charge is 0.236 e. The molecule has 1 amide bonds. The number of carbonyl (C=O) groups excluding carboxylic acids is 1. The average molecular weight is 224 g/mol. The van der Waals surface area contributed by atoms with E-state index in [1.165, 1.54) is 19.3 Å². The molecule has 1 radical (unpaired) electrons. The topological polar surface area (TPSA) is 46.4 Å². The molecule has 2 saturated heterocycles. The summed E-state index contributed by atoms with van der Waals surface area (Å²) in [5.41, 5.74) is 0. The Morgan fingerprint density at radius 3 is 2.75 bits per heavy atom. The number of hydrogen-bond donors (Lipinski definition) is 1. The fourth-order valence-electron chi connectivity index (χ4n) is 2.44. The van der Waals surface area contributed by atoms with Gasteiger partial charge in [-0.2, -0.15) is 0 Å². The van der Waals surface area contributed by atoms with Crippen LogP contribution in [0.15, 0.2) is 0 Å². The van der Waals surface area contributed by atoms with E-state index in [-0.39, 0.29) is 5.91 Å². The van der Waals surface area contributed by atoms with E-state index < -0.39 is 0 Å². The summed E-state index contributed by atoms with van der Waals surface area (Å²) >= 11 is 0. The highest BCUT2D eigenvalue weighted by molar-refractivity contribution is 5.78. The number of carbonyl (C=O) groups is 1. The molecule has 2 rings (SSSR count). The molecule has 16 heavy (non-hydrogen) atoms. The van der Waals surface area contributed by atoms with Gasteiger partial charge < -0.3 is 10.2 Å². The monoisotopic (exact) mass is 224 g/mol.